The summed E-state index contributed by atoms with van der Waals surface area (Å²) in [6.45, 7) is 27.9. The smallest absolute Gasteiger partial charge is 0.0537 e. The van der Waals surface area contributed by atoms with E-state index < -0.39 is 0 Å². The Morgan fingerprint density at radius 3 is 2.04 bits per heavy atom. The number of allylic oxidation sites excluding steroid dienone is 16. The van der Waals surface area contributed by atoms with E-state index in [1.165, 1.54) is 27.7 Å². The van der Waals surface area contributed by atoms with Gasteiger partial charge in [-0.2, -0.15) is 0 Å². The summed E-state index contributed by atoms with van der Waals surface area (Å²) in [5, 5.41) is 1.28. The molecule has 4 nitrogen and oxygen atoms in total. The van der Waals surface area contributed by atoms with Crippen LogP contribution >= 0.6 is 0 Å². The predicted molar refractivity (Wildman–Crippen MR) is 328 cm³/mol. The number of fused-ring (bicyclic) bond motifs is 3. The molecule has 2 aromatic heterocycles. The predicted octanol–water partition coefficient (Wildman–Crippen LogP) is 19.9. The van der Waals surface area contributed by atoms with Crippen LogP contribution in [0.5, 0.6) is 0 Å². The van der Waals surface area contributed by atoms with Crippen molar-refractivity contribution in [3.05, 3.63) is 248 Å². The van der Waals surface area contributed by atoms with Crippen molar-refractivity contribution in [1.82, 2.24) is 14.5 Å². The number of unbranched alkanes of at least 4 members (excludes halogenated alkanes) is 1. The normalized spacial score (nSPS) is 11.6. The topological polar surface area (TPSA) is 24.3 Å². The Bertz CT molecular complexity index is 2850. The number of hydrogen-bond donors (Lipinski definition) is 0. The van der Waals surface area contributed by atoms with E-state index in [1.807, 2.05) is 122 Å². The third kappa shape index (κ3) is 19.3. The van der Waals surface area contributed by atoms with Crippen LogP contribution in [-0.4, -0.2) is 28.5 Å². The average Bonchev–Trinajstić information content (AvgIpc) is 3.70. The van der Waals surface area contributed by atoms with E-state index in [0.29, 0.717) is 0 Å². The summed E-state index contributed by atoms with van der Waals surface area (Å²) < 4.78 is 2.42. The first kappa shape index (κ1) is 61.3. The lowest BCUT2D eigenvalue weighted by atomic mass is 9.99. The molecule has 0 spiro atoms. The number of aromatic nitrogens is 2. The highest BCUT2D eigenvalue weighted by atomic mass is 15.1. The van der Waals surface area contributed by atoms with Gasteiger partial charge in [0.25, 0.3) is 0 Å². The Labute approximate surface area is 442 Å². The van der Waals surface area contributed by atoms with Crippen molar-refractivity contribution < 1.29 is 0 Å². The zero-order valence-corrected chi connectivity index (χ0v) is 46.3. The van der Waals surface area contributed by atoms with E-state index in [1.54, 1.807) is 6.92 Å². The zero-order valence-electron chi connectivity index (χ0n) is 46.3. The molecule has 0 N–H and O–H groups in total. The average molecular weight is 969 g/mol. The zero-order chi connectivity index (χ0) is 53.8. The van der Waals surface area contributed by atoms with Crippen LogP contribution in [0.2, 0.25) is 0 Å². The van der Waals surface area contributed by atoms with E-state index in [0.717, 1.165) is 76.4 Å². The summed E-state index contributed by atoms with van der Waals surface area (Å²) in [7, 11) is 3.95. The SMILES string of the molecule is C#CC.C1=CC=CCC=C1.C=C(/C=C\C=C/C)N(C)C.C=C/C(=C\CCC)c1cncc(-c2cc(N(c3ccccc3)c3cccc(C)c3)cc(-n3c4c(c5ccccc53)CC=CC=C4)c2)c1.CC.CC.CC. The van der Waals surface area contributed by atoms with E-state index in [-0.39, 0.29) is 0 Å². The highest BCUT2D eigenvalue weighted by Crippen LogP contribution is 2.41. The van der Waals surface area contributed by atoms with Gasteiger partial charge in [0.15, 0.2) is 0 Å². The number of rotatable bonds is 12. The summed E-state index contributed by atoms with van der Waals surface area (Å²) in [6.07, 6.45) is 45.9. The van der Waals surface area contributed by atoms with Gasteiger partial charge < -0.3 is 14.4 Å². The molecule has 73 heavy (non-hydrogen) atoms. The van der Waals surface area contributed by atoms with Crippen LogP contribution in [0, 0.1) is 19.3 Å². The maximum absolute atomic E-state index is 4.74. The van der Waals surface area contributed by atoms with Gasteiger partial charge in [0.1, 0.15) is 0 Å². The van der Waals surface area contributed by atoms with Gasteiger partial charge in [-0.05, 0) is 129 Å². The minimum atomic E-state index is 0.891. The monoisotopic (exact) mass is 969 g/mol. The van der Waals surface area contributed by atoms with Crippen molar-refractivity contribution in [2.45, 2.75) is 94.9 Å². The number of anilines is 3. The minimum absolute atomic E-state index is 0.891. The summed E-state index contributed by atoms with van der Waals surface area (Å²) >= 11 is 0. The van der Waals surface area contributed by atoms with Crippen LogP contribution in [-0.2, 0) is 6.42 Å². The molecule has 0 aliphatic heterocycles. The molecule has 0 unspecified atom stereocenters. The van der Waals surface area contributed by atoms with Gasteiger partial charge in [0.2, 0.25) is 0 Å². The van der Waals surface area contributed by atoms with Gasteiger partial charge in [-0.1, -0.05) is 202 Å². The number of benzene rings is 4. The maximum atomic E-state index is 4.74. The third-order valence-corrected chi connectivity index (χ3v) is 10.9. The van der Waals surface area contributed by atoms with Crippen LogP contribution in [0.15, 0.2) is 226 Å². The molecule has 0 atom stereocenters. The van der Waals surface area contributed by atoms with Gasteiger partial charge in [-0.15, -0.1) is 12.3 Å². The van der Waals surface area contributed by atoms with Crippen molar-refractivity contribution in [1.29, 1.82) is 0 Å². The highest BCUT2D eigenvalue weighted by Gasteiger charge is 2.20. The number of pyridine rings is 1. The van der Waals surface area contributed by atoms with E-state index in [9.17, 15) is 0 Å². The van der Waals surface area contributed by atoms with Crippen molar-refractivity contribution in [2.75, 3.05) is 19.0 Å². The molecular weight excluding hydrogens is 885 g/mol. The minimum Gasteiger partial charge on any atom is -0.378 e. The first-order valence-electron chi connectivity index (χ1n) is 26.1. The van der Waals surface area contributed by atoms with E-state index in [2.05, 4.69) is 207 Å². The van der Waals surface area contributed by atoms with Gasteiger partial charge in [-0.3, -0.25) is 4.98 Å². The number of nitrogens with zero attached hydrogens (tertiary/aromatic N) is 4. The quantitative estimate of drug-likeness (QED) is 0.0902. The summed E-state index contributed by atoms with van der Waals surface area (Å²) in [4.78, 5) is 9.07. The van der Waals surface area contributed by atoms with Crippen molar-refractivity contribution in [3.63, 3.8) is 0 Å². The first-order valence-corrected chi connectivity index (χ1v) is 26.1. The van der Waals surface area contributed by atoms with E-state index in [4.69, 9.17) is 4.98 Å². The lowest BCUT2D eigenvalue weighted by Crippen LogP contribution is -2.11. The fourth-order valence-electron chi connectivity index (χ4n) is 7.54. The molecule has 0 radical (unpaired) electrons. The number of aryl methyl sites for hydroxylation is 1. The van der Waals surface area contributed by atoms with Gasteiger partial charge in [-0.25, -0.2) is 0 Å². The third-order valence-electron chi connectivity index (χ3n) is 10.9. The lowest BCUT2D eigenvalue weighted by Gasteiger charge is -2.27. The molecule has 0 saturated heterocycles. The molecule has 6 aromatic rings. The van der Waals surface area contributed by atoms with E-state index >= 15 is 0 Å². The molecule has 4 heteroatoms. The lowest BCUT2D eigenvalue weighted by molar-refractivity contribution is 0.532. The Hall–Kier alpha value is -7.87. The number of para-hydroxylation sites is 2. The Kier molecular flexibility index (Phi) is 30.3. The van der Waals surface area contributed by atoms with Crippen LogP contribution < -0.4 is 4.90 Å². The maximum Gasteiger partial charge on any atom is 0.0537 e. The van der Waals surface area contributed by atoms with Crippen LogP contribution in [0.25, 0.3) is 39.4 Å². The van der Waals surface area contributed by atoms with Gasteiger partial charge in [0.05, 0.1) is 11.2 Å². The molecule has 4 aromatic carbocycles. The summed E-state index contributed by atoms with van der Waals surface area (Å²) in [5.41, 5.74) is 14.7. The Balaban J connectivity index is 0.000000582. The second-order valence-corrected chi connectivity index (χ2v) is 16.1. The Morgan fingerprint density at radius 2 is 1.40 bits per heavy atom. The Morgan fingerprint density at radius 1 is 0.740 bits per heavy atom. The van der Waals surface area contributed by atoms with Crippen LogP contribution in [0.4, 0.5) is 17.1 Å². The van der Waals surface area contributed by atoms with Crippen molar-refractivity contribution in [2.24, 2.45) is 0 Å². The number of likely N-dealkylation sites (N-methyl/N-ethyl adjacent to an activating group) is 1. The fourth-order valence-corrected chi connectivity index (χ4v) is 7.54. The molecule has 0 saturated carbocycles. The van der Waals surface area contributed by atoms with Gasteiger partial charge >= 0.3 is 0 Å². The van der Waals surface area contributed by atoms with Crippen LogP contribution in [0.3, 0.4) is 0 Å². The molecule has 0 fully saturated rings. The standard InChI is InChI=1S/C44H39N3.C9H15N.C7H8.C3H4.3C2H6/c1-4-6-17-33(5-2)35-26-36(31-45-30-35)34-27-39(46(37-18-9-7-10-19-37)38-20-15-16-32(3)25-38)29-40(28-34)47-43-23-12-8-11-21-41(43)42-22-13-14-24-44(42)47;1-5-6-7-8-9(2)10(3)4;1-2-4-6-7-5-3-1;1-3-2;3*1-2/h5,7-20,22-31H,2,4,6,21H2,1,3H3;5-8H,2H2,1,3-4H3;1-6H,7H2;1H,2H3;3*1-2H3/b33-17+;6-5-,8-7-;;;;;. The molecule has 2 aliphatic carbocycles. The molecular formula is C69H84N4. The largest absolute Gasteiger partial charge is 0.378 e. The molecule has 0 amide bonds. The molecule has 0 bridgehead atoms. The number of terminal acetylenes is 1. The summed E-state index contributed by atoms with van der Waals surface area (Å²) in [5.74, 6) is 2.25. The fraction of sp³-hybridized carbons (Fsp3) is 0.232. The first-order chi connectivity index (χ1) is 35.7. The molecule has 8 rings (SSSR count). The van der Waals surface area contributed by atoms with Crippen LogP contribution in [0.1, 0.15) is 104 Å². The molecule has 2 aliphatic rings. The second kappa shape index (κ2) is 36.1. The van der Waals surface area contributed by atoms with Crippen molar-refractivity contribution in [3.8, 4) is 29.2 Å². The highest BCUT2D eigenvalue weighted by molar-refractivity contribution is 5.92. The molecule has 380 valence electrons. The number of hydrogen-bond acceptors (Lipinski definition) is 3. The van der Waals surface area contributed by atoms with Crippen molar-refractivity contribution >= 4 is 39.6 Å². The molecule has 2 heterocycles. The van der Waals surface area contributed by atoms with Gasteiger partial charge in [0, 0.05) is 71.4 Å². The summed E-state index contributed by atoms with van der Waals surface area (Å²) in [6, 6.07) is 37.3. The second-order valence-electron chi connectivity index (χ2n) is 16.1.